The molecule has 0 atom stereocenters. The molecule has 1 aromatic rings. The first-order valence-electron chi connectivity index (χ1n) is 6.10. The first-order valence-corrected chi connectivity index (χ1v) is 6.10. The highest BCUT2D eigenvalue weighted by atomic mass is 19.1. The highest BCUT2D eigenvalue weighted by Crippen LogP contribution is 2.26. The Kier molecular flexibility index (Phi) is 3.94. The number of nitrogens with zero attached hydrogens (tertiary/aromatic N) is 1. The maximum Gasteiger partial charge on any atom is 0.152 e. The van der Waals surface area contributed by atoms with Crippen molar-refractivity contribution in [1.82, 2.24) is 5.32 Å². The molecule has 0 radical (unpaired) electrons. The van der Waals surface area contributed by atoms with E-state index in [0.29, 0.717) is 18.7 Å². The van der Waals surface area contributed by atoms with Gasteiger partial charge in [0.05, 0.1) is 0 Å². The minimum absolute atomic E-state index is 0.145. The first-order chi connectivity index (χ1) is 8.20. The van der Waals surface area contributed by atoms with Crippen molar-refractivity contribution in [3.8, 4) is 0 Å². The fourth-order valence-electron chi connectivity index (χ4n) is 2.18. The fraction of sp³-hybridized carbons (Fsp3) is 0.538. The van der Waals surface area contributed by atoms with Gasteiger partial charge in [0.25, 0.3) is 0 Å². The number of benzene rings is 1. The molecular formula is C13H18F2N2. The minimum atomic E-state index is -0.457. The number of hydrogen-bond donors (Lipinski definition) is 1. The van der Waals surface area contributed by atoms with E-state index in [-0.39, 0.29) is 5.69 Å². The maximum absolute atomic E-state index is 14.0. The monoisotopic (exact) mass is 240 g/mol. The number of halogens is 2. The lowest BCUT2D eigenvalue weighted by molar-refractivity contribution is 0.531. The second kappa shape index (κ2) is 5.45. The van der Waals surface area contributed by atoms with Gasteiger partial charge in [-0.2, -0.15) is 0 Å². The van der Waals surface area contributed by atoms with Gasteiger partial charge in [0.2, 0.25) is 0 Å². The molecule has 1 fully saturated rings. The van der Waals surface area contributed by atoms with Crippen molar-refractivity contribution in [3.63, 3.8) is 0 Å². The summed E-state index contributed by atoms with van der Waals surface area (Å²) in [7, 11) is 0. The van der Waals surface area contributed by atoms with Gasteiger partial charge in [-0.05, 0) is 44.5 Å². The maximum atomic E-state index is 14.0. The third kappa shape index (κ3) is 2.75. The quantitative estimate of drug-likeness (QED) is 0.811. The third-order valence-electron chi connectivity index (χ3n) is 3.14. The minimum Gasteiger partial charge on any atom is -0.367 e. The lowest BCUT2D eigenvalue weighted by Gasteiger charge is -2.28. The van der Waals surface area contributed by atoms with Crippen LogP contribution in [0.25, 0.3) is 0 Å². The van der Waals surface area contributed by atoms with E-state index in [4.69, 9.17) is 0 Å². The zero-order chi connectivity index (χ0) is 12.3. The fourth-order valence-corrected chi connectivity index (χ4v) is 2.18. The van der Waals surface area contributed by atoms with Gasteiger partial charge in [0.15, 0.2) is 5.82 Å². The highest BCUT2D eigenvalue weighted by molar-refractivity contribution is 5.51. The van der Waals surface area contributed by atoms with Crippen molar-refractivity contribution in [3.05, 3.63) is 29.3 Å². The van der Waals surface area contributed by atoms with Crippen molar-refractivity contribution in [2.45, 2.75) is 19.8 Å². The zero-order valence-electron chi connectivity index (χ0n) is 10.1. The Morgan fingerprint density at radius 2 is 1.76 bits per heavy atom. The summed E-state index contributed by atoms with van der Waals surface area (Å²) in [5.74, 6) is -0.875. The molecule has 1 aliphatic heterocycles. The predicted molar refractivity (Wildman–Crippen MR) is 65.4 cm³/mol. The Balaban J connectivity index is 2.27. The Morgan fingerprint density at radius 3 is 2.41 bits per heavy atom. The van der Waals surface area contributed by atoms with Gasteiger partial charge in [-0.1, -0.05) is 6.07 Å². The van der Waals surface area contributed by atoms with Crippen LogP contribution >= 0.6 is 0 Å². The molecule has 0 unspecified atom stereocenters. The van der Waals surface area contributed by atoms with Gasteiger partial charge in [-0.3, -0.25) is 0 Å². The van der Waals surface area contributed by atoms with Crippen molar-refractivity contribution in [2.24, 2.45) is 0 Å². The number of aryl methyl sites for hydroxylation is 1. The molecule has 1 aromatic carbocycles. The van der Waals surface area contributed by atoms with E-state index in [0.717, 1.165) is 25.9 Å². The molecule has 0 spiro atoms. The van der Waals surface area contributed by atoms with Crippen LogP contribution in [0.1, 0.15) is 18.4 Å². The van der Waals surface area contributed by atoms with E-state index in [2.05, 4.69) is 5.32 Å². The van der Waals surface area contributed by atoms with E-state index in [1.54, 1.807) is 6.92 Å². The van der Waals surface area contributed by atoms with Gasteiger partial charge < -0.3 is 10.2 Å². The van der Waals surface area contributed by atoms with Crippen LogP contribution in [-0.2, 0) is 0 Å². The molecule has 1 aliphatic rings. The third-order valence-corrected chi connectivity index (χ3v) is 3.14. The van der Waals surface area contributed by atoms with E-state index < -0.39 is 11.6 Å². The van der Waals surface area contributed by atoms with E-state index in [1.807, 2.05) is 4.90 Å². The molecule has 1 N–H and O–H groups in total. The standard InChI is InChI=1S/C13H18F2N2/c1-10-4-5-11(14)13(12(10)15)17-8-2-6-16-7-3-9-17/h4-5,16H,2-3,6-9H2,1H3. The molecule has 1 heterocycles. The Hall–Kier alpha value is -1.16. The smallest absolute Gasteiger partial charge is 0.152 e. The molecule has 4 heteroatoms. The molecule has 0 amide bonds. The summed E-state index contributed by atoms with van der Waals surface area (Å²) < 4.78 is 27.7. The number of nitrogens with one attached hydrogen (secondary N) is 1. The second-order valence-corrected chi connectivity index (χ2v) is 4.47. The van der Waals surface area contributed by atoms with Crippen LogP contribution in [0, 0.1) is 18.6 Å². The predicted octanol–water partition coefficient (Wildman–Crippen LogP) is 2.46. The van der Waals surface area contributed by atoms with Crippen LogP contribution in [0.3, 0.4) is 0 Å². The molecule has 17 heavy (non-hydrogen) atoms. The van der Waals surface area contributed by atoms with Crippen LogP contribution in [0.15, 0.2) is 12.1 Å². The summed E-state index contributed by atoms with van der Waals surface area (Å²) in [6.07, 6.45) is 1.82. The number of hydrogen-bond acceptors (Lipinski definition) is 2. The largest absolute Gasteiger partial charge is 0.367 e. The normalized spacial score (nSPS) is 17.7. The van der Waals surface area contributed by atoms with Crippen LogP contribution in [0.4, 0.5) is 14.5 Å². The molecule has 2 rings (SSSR count). The summed E-state index contributed by atoms with van der Waals surface area (Å²) in [6.45, 7) is 4.88. The lowest BCUT2D eigenvalue weighted by Crippen LogP contribution is -2.35. The molecular weight excluding hydrogens is 222 g/mol. The number of rotatable bonds is 1. The zero-order valence-corrected chi connectivity index (χ0v) is 10.1. The molecule has 2 nitrogen and oxygen atoms in total. The molecule has 0 aliphatic carbocycles. The lowest BCUT2D eigenvalue weighted by atomic mass is 10.1. The Morgan fingerprint density at radius 1 is 1.12 bits per heavy atom. The van der Waals surface area contributed by atoms with Crippen molar-refractivity contribution in [1.29, 1.82) is 0 Å². The topological polar surface area (TPSA) is 15.3 Å². The molecule has 0 saturated carbocycles. The average Bonchev–Trinajstić information content (AvgIpc) is 2.26. The van der Waals surface area contributed by atoms with Gasteiger partial charge in [-0.15, -0.1) is 0 Å². The Labute approximate surface area is 101 Å². The van der Waals surface area contributed by atoms with E-state index in [9.17, 15) is 8.78 Å². The van der Waals surface area contributed by atoms with Crippen LogP contribution in [-0.4, -0.2) is 26.2 Å². The SMILES string of the molecule is Cc1ccc(F)c(N2CCCNCCC2)c1F. The molecule has 0 bridgehead atoms. The molecule has 94 valence electrons. The van der Waals surface area contributed by atoms with Crippen LogP contribution < -0.4 is 10.2 Å². The highest BCUT2D eigenvalue weighted by Gasteiger charge is 2.18. The van der Waals surface area contributed by atoms with Gasteiger partial charge >= 0.3 is 0 Å². The summed E-state index contributed by atoms with van der Waals surface area (Å²) in [4.78, 5) is 1.83. The molecule has 1 saturated heterocycles. The first kappa shape index (κ1) is 12.3. The van der Waals surface area contributed by atoms with Crippen LogP contribution in [0.5, 0.6) is 0 Å². The summed E-state index contributed by atoms with van der Waals surface area (Å²) in [5, 5.41) is 3.29. The van der Waals surface area contributed by atoms with Gasteiger partial charge in [-0.25, -0.2) is 8.78 Å². The van der Waals surface area contributed by atoms with E-state index >= 15 is 0 Å². The average molecular weight is 240 g/mol. The van der Waals surface area contributed by atoms with Crippen molar-refractivity contribution >= 4 is 5.69 Å². The summed E-state index contributed by atoms with van der Waals surface area (Å²) in [5.41, 5.74) is 0.647. The van der Waals surface area contributed by atoms with Gasteiger partial charge in [0, 0.05) is 13.1 Å². The number of anilines is 1. The van der Waals surface area contributed by atoms with Gasteiger partial charge in [0.1, 0.15) is 11.5 Å². The van der Waals surface area contributed by atoms with E-state index in [1.165, 1.54) is 12.1 Å². The summed E-state index contributed by atoms with van der Waals surface area (Å²) >= 11 is 0. The van der Waals surface area contributed by atoms with Crippen LogP contribution in [0.2, 0.25) is 0 Å². The second-order valence-electron chi connectivity index (χ2n) is 4.47. The Bertz CT molecular complexity index is 385. The van der Waals surface area contributed by atoms with Crippen molar-refractivity contribution < 1.29 is 8.78 Å². The van der Waals surface area contributed by atoms with Crippen molar-refractivity contribution in [2.75, 3.05) is 31.1 Å². The summed E-state index contributed by atoms with van der Waals surface area (Å²) in [6, 6.07) is 2.84. The molecule has 0 aromatic heterocycles.